The minimum Gasteiger partial charge on any atom is -0.465 e. The molecule has 2 amide bonds. The molecule has 2 N–H and O–H groups in total. The van der Waals surface area contributed by atoms with Gasteiger partial charge in [0.1, 0.15) is 0 Å². The Bertz CT molecular complexity index is 1000. The Balaban J connectivity index is 2.09. The highest BCUT2D eigenvalue weighted by Gasteiger charge is 2.34. The summed E-state index contributed by atoms with van der Waals surface area (Å²) in [5, 5.41) is 4.46. The number of esters is 1. The van der Waals surface area contributed by atoms with E-state index < -0.39 is 35.2 Å². The number of hydrogen-bond acceptors (Lipinski definition) is 4. The molecule has 30 heavy (non-hydrogen) atoms. The maximum absolute atomic E-state index is 13.1. The van der Waals surface area contributed by atoms with Crippen molar-refractivity contribution >= 4 is 40.8 Å². The largest absolute Gasteiger partial charge is 0.465 e. The van der Waals surface area contributed by atoms with Gasteiger partial charge in [-0.15, -0.1) is 0 Å². The lowest BCUT2D eigenvalue weighted by Gasteiger charge is -2.13. The van der Waals surface area contributed by atoms with Gasteiger partial charge < -0.3 is 15.4 Å². The molecule has 0 radical (unpaired) electrons. The van der Waals surface area contributed by atoms with E-state index in [1.54, 1.807) is 0 Å². The van der Waals surface area contributed by atoms with Crippen LogP contribution < -0.4 is 10.6 Å². The van der Waals surface area contributed by atoms with E-state index in [9.17, 15) is 27.6 Å². The molecule has 0 fully saturated rings. The maximum Gasteiger partial charge on any atom is 0.418 e. The van der Waals surface area contributed by atoms with Crippen LogP contribution in [0, 0.1) is 0 Å². The molecular formula is C20H16ClF3N2O4. The normalized spacial score (nSPS) is 11.6. The van der Waals surface area contributed by atoms with Crippen LogP contribution in [0.25, 0.3) is 0 Å². The second-order valence-corrected chi connectivity index (χ2v) is 6.46. The van der Waals surface area contributed by atoms with Gasteiger partial charge in [-0.05, 0) is 49.4 Å². The number of carbonyl (C=O) groups is 3. The molecule has 0 aliphatic rings. The highest BCUT2D eigenvalue weighted by Crippen LogP contribution is 2.36. The Hall–Kier alpha value is -3.33. The lowest BCUT2D eigenvalue weighted by molar-refractivity contribution is -0.137. The van der Waals surface area contributed by atoms with Gasteiger partial charge in [-0.3, -0.25) is 9.59 Å². The molecule has 0 saturated heterocycles. The molecule has 0 atom stereocenters. The van der Waals surface area contributed by atoms with Crippen LogP contribution in [0.5, 0.6) is 0 Å². The molecular weight excluding hydrogens is 425 g/mol. The number of amides is 2. The molecule has 0 aromatic heterocycles. The molecule has 0 spiro atoms. The number of alkyl halides is 3. The number of rotatable bonds is 5. The zero-order chi connectivity index (χ0) is 22.5. The van der Waals surface area contributed by atoms with Gasteiger partial charge in [0.05, 0.1) is 23.9 Å². The van der Waals surface area contributed by atoms with Crippen LogP contribution in [0.4, 0.5) is 24.5 Å². The molecule has 0 unspecified atom stereocenters. The summed E-state index contributed by atoms with van der Waals surface area (Å²) in [5.74, 6) is -2.11. The predicted octanol–water partition coefficient (Wildman–Crippen LogP) is 4.67. The summed E-state index contributed by atoms with van der Waals surface area (Å²) >= 11 is 5.59. The van der Waals surface area contributed by atoms with Crippen molar-refractivity contribution in [2.24, 2.45) is 0 Å². The second-order valence-electron chi connectivity index (χ2n) is 6.03. The summed E-state index contributed by atoms with van der Waals surface area (Å²) in [6, 6.07) is 8.71. The van der Waals surface area contributed by atoms with Crippen molar-refractivity contribution in [2.75, 3.05) is 17.7 Å². The molecule has 0 aliphatic heterocycles. The van der Waals surface area contributed by atoms with Gasteiger partial charge >= 0.3 is 12.1 Å². The molecule has 158 valence electrons. The van der Waals surface area contributed by atoms with Gasteiger partial charge in [0.15, 0.2) is 0 Å². The first kappa shape index (κ1) is 23.0. The second kappa shape index (κ2) is 9.45. The van der Waals surface area contributed by atoms with Crippen molar-refractivity contribution < 1.29 is 32.3 Å². The third kappa shape index (κ3) is 6.08. The van der Waals surface area contributed by atoms with E-state index in [1.165, 1.54) is 44.4 Å². The number of halogens is 4. The third-order valence-corrected chi connectivity index (χ3v) is 4.05. The smallest absolute Gasteiger partial charge is 0.418 e. The fourth-order valence-electron chi connectivity index (χ4n) is 2.33. The molecule has 2 aromatic carbocycles. The predicted molar refractivity (Wildman–Crippen MR) is 105 cm³/mol. The van der Waals surface area contributed by atoms with E-state index in [4.69, 9.17) is 11.6 Å². The lowest BCUT2D eigenvalue weighted by Crippen LogP contribution is -2.18. The fourth-order valence-corrected chi connectivity index (χ4v) is 2.50. The Morgan fingerprint density at radius 3 is 2.23 bits per heavy atom. The average molecular weight is 441 g/mol. The van der Waals surface area contributed by atoms with Crippen molar-refractivity contribution in [2.45, 2.75) is 13.1 Å². The van der Waals surface area contributed by atoms with Crippen LogP contribution in [0.2, 0.25) is 5.02 Å². The quantitative estimate of drug-likeness (QED) is 0.522. The van der Waals surface area contributed by atoms with E-state index in [1.807, 2.05) is 0 Å². The minimum atomic E-state index is -4.72. The zero-order valence-electron chi connectivity index (χ0n) is 15.8. The molecule has 6 nitrogen and oxygen atoms in total. The van der Waals surface area contributed by atoms with Gasteiger partial charge in [0.25, 0.3) is 5.91 Å². The molecule has 0 bridgehead atoms. The molecule has 0 saturated carbocycles. The Morgan fingerprint density at radius 1 is 1.03 bits per heavy atom. The SMILES string of the molecule is COC(=O)c1ccc(NC(=O)/C(C)=C/C(=O)Nc2ccc(Cl)cc2C(F)(F)F)cc1. The number of ether oxygens (including phenoxy) is 1. The van der Waals surface area contributed by atoms with Crippen molar-refractivity contribution in [1.29, 1.82) is 0 Å². The van der Waals surface area contributed by atoms with Crippen molar-refractivity contribution in [3.63, 3.8) is 0 Å². The fraction of sp³-hybridized carbons (Fsp3) is 0.150. The topological polar surface area (TPSA) is 84.5 Å². The monoisotopic (exact) mass is 440 g/mol. The number of benzene rings is 2. The van der Waals surface area contributed by atoms with Gasteiger partial charge in [0, 0.05) is 22.4 Å². The van der Waals surface area contributed by atoms with E-state index >= 15 is 0 Å². The minimum absolute atomic E-state index is 0.0490. The van der Waals surface area contributed by atoms with Crippen LogP contribution in [0.15, 0.2) is 54.1 Å². The molecule has 0 aliphatic carbocycles. The van der Waals surface area contributed by atoms with Gasteiger partial charge in [0.2, 0.25) is 5.91 Å². The Kier molecular flexibility index (Phi) is 7.23. The number of anilines is 2. The van der Waals surface area contributed by atoms with E-state index in [0.29, 0.717) is 11.8 Å². The van der Waals surface area contributed by atoms with E-state index in [-0.39, 0.29) is 16.2 Å². The number of carbonyl (C=O) groups excluding carboxylic acids is 3. The number of methoxy groups -OCH3 is 1. The van der Waals surface area contributed by atoms with Crippen LogP contribution >= 0.6 is 11.6 Å². The number of nitrogens with one attached hydrogen (secondary N) is 2. The Labute approximate surface area is 174 Å². The van der Waals surface area contributed by atoms with Crippen LogP contribution in [-0.4, -0.2) is 24.9 Å². The number of hydrogen-bond donors (Lipinski definition) is 2. The summed E-state index contributed by atoms with van der Waals surface area (Å²) in [7, 11) is 1.24. The van der Waals surface area contributed by atoms with Gasteiger partial charge in [-0.25, -0.2) is 4.79 Å². The highest BCUT2D eigenvalue weighted by atomic mass is 35.5. The first-order chi connectivity index (χ1) is 14.0. The highest BCUT2D eigenvalue weighted by molar-refractivity contribution is 6.30. The van der Waals surface area contributed by atoms with Crippen molar-refractivity contribution in [3.05, 3.63) is 70.3 Å². The first-order valence-electron chi connectivity index (χ1n) is 8.37. The van der Waals surface area contributed by atoms with Crippen molar-refractivity contribution in [1.82, 2.24) is 0 Å². The standard InChI is InChI=1S/C20H16ClF3N2O4/c1-11(18(28)25-14-6-3-12(4-7-14)19(29)30-2)9-17(27)26-16-8-5-13(21)10-15(16)20(22,23)24/h3-10H,1-2H3,(H,25,28)(H,26,27)/b11-9+. The van der Waals surface area contributed by atoms with Gasteiger partial charge in [-0.2, -0.15) is 13.2 Å². The first-order valence-corrected chi connectivity index (χ1v) is 8.75. The summed E-state index contributed by atoms with van der Waals surface area (Å²) in [6.45, 7) is 1.32. The van der Waals surface area contributed by atoms with Crippen LogP contribution in [0.1, 0.15) is 22.8 Å². The Morgan fingerprint density at radius 2 is 1.67 bits per heavy atom. The summed E-state index contributed by atoms with van der Waals surface area (Å²) in [6.07, 6.45) is -3.85. The van der Waals surface area contributed by atoms with E-state index in [0.717, 1.165) is 12.1 Å². The van der Waals surface area contributed by atoms with Crippen LogP contribution in [-0.2, 0) is 20.5 Å². The van der Waals surface area contributed by atoms with E-state index in [2.05, 4.69) is 15.4 Å². The molecule has 2 rings (SSSR count). The van der Waals surface area contributed by atoms with Gasteiger partial charge in [-0.1, -0.05) is 11.6 Å². The summed E-state index contributed by atoms with van der Waals surface area (Å²) in [5.41, 5.74) is -1.01. The molecule has 10 heteroatoms. The third-order valence-electron chi connectivity index (χ3n) is 3.81. The molecule has 0 heterocycles. The summed E-state index contributed by atoms with van der Waals surface area (Å²) < 4.78 is 43.8. The average Bonchev–Trinajstić information content (AvgIpc) is 2.68. The molecule has 2 aromatic rings. The van der Waals surface area contributed by atoms with Crippen molar-refractivity contribution in [3.8, 4) is 0 Å². The summed E-state index contributed by atoms with van der Waals surface area (Å²) in [4.78, 5) is 35.7. The lowest BCUT2D eigenvalue weighted by atomic mass is 10.1. The maximum atomic E-state index is 13.1. The van der Waals surface area contributed by atoms with Crippen LogP contribution in [0.3, 0.4) is 0 Å². The zero-order valence-corrected chi connectivity index (χ0v) is 16.5.